The van der Waals surface area contributed by atoms with Crippen LogP contribution < -0.4 is 10.6 Å². The van der Waals surface area contributed by atoms with E-state index in [1.54, 1.807) is 60.7 Å². The lowest BCUT2D eigenvalue weighted by Gasteiger charge is -2.19. The largest absolute Gasteiger partial charge is 0.467 e. The molecule has 3 rings (SSSR count). The number of amides is 2. The van der Waals surface area contributed by atoms with E-state index in [0.29, 0.717) is 16.9 Å². The second-order valence-electron chi connectivity index (χ2n) is 7.93. The number of hydrogen-bond acceptors (Lipinski definition) is 7. The van der Waals surface area contributed by atoms with Gasteiger partial charge < -0.3 is 20.1 Å². The molecule has 0 aliphatic rings. The molecule has 37 heavy (non-hydrogen) atoms. The Morgan fingerprint density at radius 3 is 2.00 bits per heavy atom. The average molecular weight is 521 g/mol. The van der Waals surface area contributed by atoms with Crippen LogP contribution >= 0.6 is 11.8 Å². The van der Waals surface area contributed by atoms with Crippen molar-refractivity contribution in [2.45, 2.75) is 17.8 Å². The van der Waals surface area contributed by atoms with E-state index in [0.717, 1.165) is 5.56 Å². The number of benzene rings is 3. The van der Waals surface area contributed by atoms with Crippen LogP contribution in [0.5, 0.6) is 0 Å². The number of carbonyl (C=O) groups is 4. The van der Waals surface area contributed by atoms with Crippen LogP contribution in [-0.4, -0.2) is 49.3 Å². The van der Waals surface area contributed by atoms with E-state index in [9.17, 15) is 19.2 Å². The smallest absolute Gasteiger partial charge is 0.333 e. The molecule has 192 valence electrons. The van der Waals surface area contributed by atoms with Gasteiger partial charge in [-0.1, -0.05) is 78.9 Å². The zero-order valence-corrected chi connectivity index (χ0v) is 21.1. The molecule has 0 spiro atoms. The quantitative estimate of drug-likeness (QED) is 0.353. The van der Waals surface area contributed by atoms with Crippen LogP contribution in [0.4, 0.5) is 0 Å². The molecule has 0 saturated heterocycles. The zero-order chi connectivity index (χ0) is 26.5. The van der Waals surface area contributed by atoms with E-state index in [1.807, 2.05) is 30.3 Å². The molecule has 0 saturated carbocycles. The van der Waals surface area contributed by atoms with Crippen LogP contribution in [-0.2, 0) is 29.6 Å². The Morgan fingerprint density at radius 1 is 0.784 bits per heavy atom. The van der Waals surface area contributed by atoms with E-state index in [-0.39, 0.29) is 5.75 Å². The maximum Gasteiger partial charge on any atom is 0.333 e. The Hall–Kier alpha value is -4.11. The summed E-state index contributed by atoms with van der Waals surface area (Å²) in [5, 5.41) is 5.22. The predicted octanol–water partition coefficient (Wildman–Crippen LogP) is 3.29. The zero-order valence-electron chi connectivity index (χ0n) is 20.3. The standard InChI is InChI=1S/C28H28N2O6S/c1-35-27(33)23(19-37-18-20-11-5-2-6-12-20)29-24(31)17-36-28(34)25(21-13-7-3-8-14-21)30-26(32)22-15-9-4-10-16-22/h2-16,23,25H,17-19H2,1H3,(H,29,31)(H,30,32)/t23-,25-/m0/s1. The fourth-order valence-corrected chi connectivity index (χ4v) is 4.36. The SMILES string of the molecule is COC(=O)[C@H](CSCc1ccccc1)NC(=O)COC(=O)[C@@H](NC(=O)c1ccccc1)c1ccccc1. The molecule has 0 aliphatic carbocycles. The monoisotopic (exact) mass is 520 g/mol. The summed E-state index contributed by atoms with van der Waals surface area (Å²) in [5.74, 6) is -1.60. The number of thioether (sulfide) groups is 1. The summed E-state index contributed by atoms with van der Waals surface area (Å²) >= 11 is 1.46. The Labute approximate surface area is 219 Å². The molecule has 9 heteroatoms. The summed E-state index contributed by atoms with van der Waals surface area (Å²) in [6.07, 6.45) is 0. The van der Waals surface area contributed by atoms with Crippen LogP contribution in [0, 0.1) is 0 Å². The van der Waals surface area contributed by atoms with E-state index in [2.05, 4.69) is 10.6 Å². The minimum Gasteiger partial charge on any atom is -0.467 e. The van der Waals surface area contributed by atoms with Crippen LogP contribution in [0.2, 0.25) is 0 Å². The molecule has 0 heterocycles. The fourth-order valence-electron chi connectivity index (χ4n) is 3.36. The molecule has 0 aliphatic heterocycles. The van der Waals surface area contributed by atoms with Gasteiger partial charge in [-0.15, -0.1) is 0 Å². The highest BCUT2D eigenvalue weighted by atomic mass is 32.2. The van der Waals surface area contributed by atoms with Gasteiger partial charge in [0.25, 0.3) is 11.8 Å². The summed E-state index contributed by atoms with van der Waals surface area (Å²) in [4.78, 5) is 50.3. The highest BCUT2D eigenvalue weighted by molar-refractivity contribution is 7.98. The van der Waals surface area contributed by atoms with E-state index in [1.165, 1.54) is 18.9 Å². The Morgan fingerprint density at radius 2 is 1.38 bits per heavy atom. The first-order valence-corrected chi connectivity index (χ1v) is 12.7. The third-order valence-electron chi connectivity index (χ3n) is 5.24. The first-order chi connectivity index (χ1) is 18.0. The third kappa shape index (κ3) is 8.80. The van der Waals surface area contributed by atoms with Gasteiger partial charge in [-0.2, -0.15) is 11.8 Å². The number of methoxy groups -OCH3 is 1. The van der Waals surface area contributed by atoms with Crippen LogP contribution in [0.25, 0.3) is 0 Å². The van der Waals surface area contributed by atoms with Crippen LogP contribution in [0.15, 0.2) is 91.0 Å². The summed E-state index contributed by atoms with van der Waals surface area (Å²) in [7, 11) is 1.24. The van der Waals surface area contributed by atoms with Gasteiger partial charge >= 0.3 is 11.9 Å². The summed E-state index contributed by atoms with van der Waals surface area (Å²) < 4.78 is 10.0. The molecule has 8 nitrogen and oxygen atoms in total. The van der Waals surface area contributed by atoms with Gasteiger partial charge in [0.05, 0.1) is 7.11 Å². The van der Waals surface area contributed by atoms with Crippen molar-refractivity contribution in [1.82, 2.24) is 10.6 Å². The lowest BCUT2D eigenvalue weighted by molar-refractivity contribution is -0.151. The molecular formula is C28H28N2O6S. The molecule has 0 fully saturated rings. The van der Waals surface area contributed by atoms with E-state index in [4.69, 9.17) is 9.47 Å². The van der Waals surface area contributed by atoms with Gasteiger partial charge in [-0.05, 0) is 23.3 Å². The second kappa shape index (κ2) is 14.4. The molecule has 0 radical (unpaired) electrons. The average Bonchev–Trinajstić information content (AvgIpc) is 2.95. The van der Waals surface area contributed by atoms with Crippen molar-refractivity contribution < 1.29 is 28.7 Å². The highest BCUT2D eigenvalue weighted by Crippen LogP contribution is 2.16. The number of rotatable bonds is 12. The summed E-state index contributed by atoms with van der Waals surface area (Å²) in [6.45, 7) is -0.625. The summed E-state index contributed by atoms with van der Waals surface area (Å²) in [5.41, 5.74) is 1.96. The van der Waals surface area contributed by atoms with Crippen molar-refractivity contribution in [3.8, 4) is 0 Å². The Balaban J connectivity index is 1.58. The molecule has 2 atom stereocenters. The second-order valence-corrected chi connectivity index (χ2v) is 8.97. The van der Waals surface area contributed by atoms with Gasteiger partial charge in [0.15, 0.2) is 12.6 Å². The molecule has 0 bridgehead atoms. The van der Waals surface area contributed by atoms with Crippen molar-refractivity contribution in [3.63, 3.8) is 0 Å². The number of hydrogen-bond donors (Lipinski definition) is 2. The number of esters is 2. The van der Waals surface area contributed by atoms with Gasteiger partial charge in [0.1, 0.15) is 6.04 Å². The molecule has 2 amide bonds. The number of ether oxygens (including phenoxy) is 2. The van der Waals surface area contributed by atoms with Crippen molar-refractivity contribution in [1.29, 1.82) is 0 Å². The normalized spacial score (nSPS) is 12.0. The first-order valence-electron chi connectivity index (χ1n) is 11.5. The van der Waals surface area contributed by atoms with Gasteiger partial charge in [0.2, 0.25) is 0 Å². The molecule has 2 N–H and O–H groups in total. The van der Waals surface area contributed by atoms with E-state index < -0.39 is 42.4 Å². The van der Waals surface area contributed by atoms with Gasteiger partial charge in [0, 0.05) is 17.1 Å². The lowest BCUT2D eigenvalue weighted by atomic mass is 10.1. The molecule has 0 unspecified atom stereocenters. The van der Waals surface area contributed by atoms with Crippen LogP contribution in [0.1, 0.15) is 27.5 Å². The Bertz CT molecular complexity index is 1180. The highest BCUT2D eigenvalue weighted by Gasteiger charge is 2.27. The van der Waals surface area contributed by atoms with Crippen molar-refractivity contribution in [3.05, 3.63) is 108 Å². The topological polar surface area (TPSA) is 111 Å². The van der Waals surface area contributed by atoms with Crippen molar-refractivity contribution in [2.24, 2.45) is 0 Å². The van der Waals surface area contributed by atoms with E-state index >= 15 is 0 Å². The van der Waals surface area contributed by atoms with Crippen LogP contribution in [0.3, 0.4) is 0 Å². The maximum absolute atomic E-state index is 12.9. The van der Waals surface area contributed by atoms with Gasteiger partial charge in [-0.25, -0.2) is 9.59 Å². The summed E-state index contributed by atoms with van der Waals surface area (Å²) in [6, 6.07) is 24.7. The Kier molecular flexibility index (Phi) is 10.7. The lowest BCUT2D eigenvalue weighted by Crippen LogP contribution is -2.45. The van der Waals surface area contributed by atoms with Crippen molar-refractivity contribution in [2.75, 3.05) is 19.5 Å². The third-order valence-corrected chi connectivity index (χ3v) is 6.35. The number of carbonyl (C=O) groups excluding carboxylic acids is 4. The maximum atomic E-state index is 12.9. The predicted molar refractivity (Wildman–Crippen MR) is 141 cm³/mol. The minimum absolute atomic E-state index is 0.279. The minimum atomic E-state index is -1.13. The first kappa shape index (κ1) is 27.5. The molecule has 3 aromatic rings. The van der Waals surface area contributed by atoms with Crippen molar-refractivity contribution >= 4 is 35.5 Å². The molecule has 0 aromatic heterocycles. The molecule has 3 aromatic carbocycles. The fraction of sp³-hybridized carbons (Fsp3) is 0.214. The van der Waals surface area contributed by atoms with Gasteiger partial charge in [-0.3, -0.25) is 9.59 Å². The number of nitrogens with one attached hydrogen (secondary N) is 2. The molecular weight excluding hydrogens is 492 g/mol.